The van der Waals surface area contributed by atoms with Crippen LogP contribution in [0, 0.1) is 0 Å². The number of benzene rings is 1. The van der Waals surface area contributed by atoms with Gasteiger partial charge in [-0.2, -0.15) is 0 Å². The van der Waals surface area contributed by atoms with Crippen LogP contribution >= 0.6 is 0 Å². The summed E-state index contributed by atoms with van der Waals surface area (Å²) in [6.07, 6.45) is 1.84. The maximum Gasteiger partial charge on any atom is 0.0889 e. The molecule has 0 N–H and O–H groups in total. The average Bonchev–Trinajstić information content (AvgIpc) is 2.58. The van der Waals surface area contributed by atoms with Crippen LogP contribution in [0.3, 0.4) is 0 Å². The van der Waals surface area contributed by atoms with Crippen molar-refractivity contribution in [1.29, 1.82) is 0 Å². The second kappa shape index (κ2) is 2.87. The lowest BCUT2D eigenvalue weighted by atomic mass is 10.2. The van der Waals surface area contributed by atoms with E-state index in [1.165, 1.54) is 5.57 Å². The van der Waals surface area contributed by atoms with E-state index in [1.54, 1.807) is 0 Å². The summed E-state index contributed by atoms with van der Waals surface area (Å²) in [5.41, 5.74) is 2.22. The van der Waals surface area contributed by atoms with E-state index in [2.05, 4.69) is 15.0 Å². The van der Waals surface area contributed by atoms with Crippen molar-refractivity contribution in [1.82, 2.24) is 0 Å². The molecule has 0 radical (unpaired) electrons. The van der Waals surface area contributed by atoms with Crippen molar-refractivity contribution in [3.63, 3.8) is 0 Å². The Morgan fingerprint density at radius 3 is 2.79 bits per heavy atom. The van der Waals surface area contributed by atoms with Gasteiger partial charge in [-0.1, -0.05) is 12.1 Å². The highest BCUT2D eigenvalue weighted by atomic mass is 14.9. The van der Waals surface area contributed by atoms with E-state index >= 15 is 0 Å². The molecule has 68 valence electrons. The highest BCUT2D eigenvalue weighted by Crippen LogP contribution is 2.11. The molecule has 1 aromatic rings. The second-order valence-electron chi connectivity index (χ2n) is 3.38. The van der Waals surface area contributed by atoms with E-state index in [9.17, 15) is 0 Å². The molecule has 0 aromatic heterocycles. The summed E-state index contributed by atoms with van der Waals surface area (Å²) in [5, 5.41) is 1.93. The SMILES string of the molecule is C1=NCC2=C1N=c1ccccc1=NC2. The summed E-state index contributed by atoms with van der Waals surface area (Å²) in [4.78, 5) is 13.2. The Kier molecular flexibility index (Phi) is 1.56. The van der Waals surface area contributed by atoms with Crippen molar-refractivity contribution in [2.75, 3.05) is 13.1 Å². The van der Waals surface area contributed by atoms with Gasteiger partial charge in [0.2, 0.25) is 0 Å². The van der Waals surface area contributed by atoms with E-state index in [0.717, 1.165) is 29.5 Å². The third-order valence-corrected chi connectivity index (χ3v) is 2.42. The van der Waals surface area contributed by atoms with Crippen LogP contribution < -0.4 is 10.7 Å². The summed E-state index contributed by atoms with van der Waals surface area (Å²) in [7, 11) is 0. The minimum atomic E-state index is 0.732. The molecule has 1 aromatic carbocycles. The maximum atomic E-state index is 4.54. The molecule has 2 aliphatic rings. The number of allylic oxidation sites excluding steroid dienone is 1. The molecule has 2 aliphatic heterocycles. The van der Waals surface area contributed by atoms with Gasteiger partial charge in [-0.3, -0.25) is 9.98 Å². The van der Waals surface area contributed by atoms with Crippen LogP contribution in [0.2, 0.25) is 0 Å². The standard InChI is InChI=1S/C11H9N3/c1-2-4-10-9(3-1)13-6-8-5-12-7-11(8)14-10/h1-4,7H,5-6H2. The van der Waals surface area contributed by atoms with Gasteiger partial charge in [0.25, 0.3) is 0 Å². The minimum Gasteiger partial charge on any atom is -0.286 e. The average molecular weight is 183 g/mol. The number of nitrogens with zero attached hydrogens (tertiary/aromatic N) is 3. The molecule has 0 saturated carbocycles. The van der Waals surface area contributed by atoms with Gasteiger partial charge in [0.1, 0.15) is 0 Å². The molecule has 0 bridgehead atoms. The monoisotopic (exact) mass is 183 g/mol. The summed E-state index contributed by atoms with van der Waals surface area (Å²) >= 11 is 0. The van der Waals surface area contributed by atoms with Crippen molar-refractivity contribution in [3.05, 3.63) is 46.3 Å². The summed E-state index contributed by atoms with van der Waals surface area (Å²) in [5.74, 6) is 0. The molecular formula is C11H9N3. The number of hydrogen-bond acceptors (Lipinski definition) is 3. The van der Waals surface area contributed by atoms with Crippen LogP contribution in [0.1, 0.15) is 0 Å². The van der Waals surface area contributed by atoms with Crippen molar-refractivity contribution in [2.45, 2.75) is 0 Å². The first-order chi connectivity index (χ1) is 6.93. The van der Waals surface area contributed by atoms with Gasteiger partial charge in [-0.15, -0.1) is 0 Å². The molecule has 2 heterocycles. The lowest BCUT2D eigenvalue weighted by Gasteiger charge is -1.93. The summed E-state index contributed by atoms with van der Waals surface area (Å²) in [6, 6.07) is 7.96. The van der Waals surface area contributed by atoms with Crippen LogP contribution in [-0.2, 0) is 0 Å². The molecule has 0 atom stereocenters. The van der Waals surface area contributed by atoms with Gasteiger partial charge >= 0.3 is 0 Å². The van der Waals surface area contributed by atoms with E-state index < -0.39 is 0 Å². The minimum absolute atomic E-state index is 0.732. The van der Waals surface area contributed by atoms with Crippen molar-refractivity contribution in [3.8, 4) is 0 Å². The third-order valence-electron chi connectivity index (χ3n) is 2.42. The first-order valence-corrected chi connectivity index (χ1v) is 4.63. The number of fused-ring (bicyclic) bond motifs is 1. The molecule has 3 heteroatoms. The van der Waals surface area contributed by atoms with E-state index in [0.29, 0.717) is 0 Å². The van der Waals surface area contributed by atoms with Crippen molar-refractivity contribution >= 4 is 6.21 Å². The predicted octanol–water partition coefficient (Wildman–Crippen LogP) is 0.278. The Morgan fingerprint density at radius 1 is 1.00 bits per heavy atom. The fourth-order valence-electron chi connectivity index (χ4n) is 1.66. The Hall–Kier alpha value is -1.77. The summed E-state index contributed by atoms with van der Waals surface area (Å²) < 4.78 is 0. The van der Waals surface area contributed by atoms with Gasteiger partial charge in [0, 0.05) is 6.21 Å². The van der Waals surface area contributed by atoms with Crippen LogP contribution in [0.25, 0.3) is 0 Å². The van der Waals surface area contributed by atoms with Crippen LogP contribution in [0.4, 0.5) is 0 Å². The van der Waals surface area contributed by atoms with E-state index in [-0.39, 0.29) is 0 Å². The van der Waals surface area contributed by atoms with Gasteiger partial charge < -0.3 is 0 Å². The molecule has 0 saturated heterocycles. The molecule has 14 heavy (non-hydrogen) atoms. The molecular weight excluding hydrogens is 174 g/mol. The zero-order valence-electron chi connectivity index (χ0n) is 7.64. The van der Waals surface area contributed by atoms with Gasteiger partial charge in [-0.05, 0) is 17.7 Å². The third kappa shape index (κ3) is 1.09. The van der Waals surface area contributed by atoms with Gasteiger partial charge in [0.05, 0.1) is 29.5 Å². The fourth-order valence-corrected chi connectivity index (χ4v) is 1.66. The van der Waals surface area contributed by atoms with Gasteiger partial charge in [-0.25, -0.2) is 4.99 Å². The molecule has 0 unspecified atom stereocenters. The molecule has 3 rings (SSSR count). The second-order valence-corrected chi connectivity index (χ2v) is 3.38. The molecule has 0 amide bonds. The van der Waals surface area contributed by atoms with E-state index in [1.807, 2.05) is 30.5 Å². The molecule has 0 aliphatic carbocycles. The number of para-hydroxylation sites is 2. The highest BCUT2D eigenvalue weighted by molar-refractivity contribution is 5.82. The maximum absolute atomic E-state index is 4.54. The van der Waals surface area contributed by atoms with Crippen molar-refractivity contribution < 1.29 is 0 Å². The first kappa shape index (κ1) is 7.62. The topological polar surface area (TPSA) is 37.1 Å². The van der Waals surface area contributed by atoms with Crippen LogP contribution in [-0.4, -0.2) is 19.3 Å². The Bertz CT molecular complexity index is 552. The van der Waals surface area contributed by atoms with Crippen LogP contribution in [0.5, 0.6) is 0 Å². The van der Waals surface area contributed by atoms with E-state index in [4.69, 9.17) is 0 Å². The Balaban J connectivity index is 2.31. The first-order valence-electron chi connectivity index (χ1n) is 4.63. The number of aliphatic imine (C=N–C) groups is 1. The Morgan fingerprint density at radius 2 is 1.86 bits per heavy atom. The zero-order chi connectivity index (χ0) is 9.38. The molecule has 3 nitrogen and oxygen atoms in total. The predicted molar refractivity (Wildman–Crippen MR) is 54.0 cm³/mol. The van der Waals surface area contributed by atoms with Crippen molar-refractivity contribution in [2.24, 2.45) is 15.0 Å². The fraction of sp³-hybridized carbons (Fsp3) is 0.182. The number of hydrogen-bond donors (Lipinski definition) is 0. The number of rotatable bonds is 0. The normalized spacial score (nSPS) is 18.0. The molecule has 0 fully saturated rings. The largest absolute Gasteiger partial charge is 0.286 e. The quantitative estimate of drug-likeness (QED) is 0.554. The molecule has 0 spiro atoms. The highest BCUT2D eigenvalue weighted by Gasteiger charge is 2.10. The zero-order valence-corrected chi connectivity index (χ0v) is 7.64. The lowest BCUT2D eigenvalue weighted by Crippen LogP contribution is -2.24. The van der Waals surface area contributed by atoms with Crippen LogP contribution in [0.15, 0.2) is 50.5 Å². The lowest BCUT2D eigenvalue weighted by molar-refractivity contribution is 1.02. The Labute approximate surface area is 81.2 Å². The smallest absolute Gasteiger partial charge is 0.0889 e. The summed E-state index contributed by atoms with van der Waals surface area (Å²) in [6.45, 7) is 1.49. The van der Waals surface area contributed by atoms with Gasteiger partial charge in [0.15, 0.2) is 0 Å².